The summed E-state index contributed by atoms with van der Waals surface area (Å²) in [5.74, 6) is -2.25. The molecular weight excluding hydrogens is 654 g/mol. The quantitative estimate of drug-likeness (QED) is 0.198. The first-order valence-electron chi connectivity index (χ1n) is 14.1. The second-order valence-corrected chi connectivity index (χ2v) is 10.9. The number of fused-ring (bicyclic) bond motifs is 1. The van der Waals surface area contributed by atoms with Crippen molar-refractivity contribution < 1.29 is 47.5 Å². The van der Waals surface area contributed by atoms with Gasteiger partial charge in [0.2, 0.25) is 5.75 Å². The average molecular weight is 684 g/mol. The van der Waals surface area contributed by atoms with Crippen LogP contribution in [0.1, 0.15) is 23.6 Å². The highest BCUT2D eigenvalue weighted by atomic mass is 35.5. The van der Waals surface area contributed by atoms with Crippen LogP contribution in [-0.4, -0.2) is 68.4 Å². The van der Waals surface area contributed by atoms with Crippen molar-refractivity contribution in [3.8, 4) is 23.0 Å². The summed E-state index contributed by atoms with van der Waals surface area (Å²) in [6.07, 6.45) is -1.10. The molecule has 0 aliphatic carbocycles. The first-order valence-corrected chi connectivity index (χ1v) is 15.2. The summed E-state index contributed by atoms with van der Waals surface area (Å²) in [6.45, 7) is 1.26. The van der Waals surface area contributed by atoms with E-state index in [-0.39, 0.29) is 34.8 Å². The Kier molecular flexibility index (Phi) is 10.0. The van der Waals surface area contributed by atoms with Crippen LogP contribution in [-0.2, 0) is 36.0 Å². The van der Waals surface area contributed by atoms with E-state index in [1.54, 1.807) is 49.4 Å². The topological polar surface area (TPSA) is 154 Å². The molecule has 2 heterocycles. The molecule has 15 heteroatoms. The molecule has 1 unspecified atom stereocenters. The fraction of sp³-hybridized carbons (Fsp3) is 0.281. The lowest BCUT2D eigenvalue weighted by Crippen LogP contribution is -2.41. The van der Waals surface area contributed by atoms with Crippen LogP contribution in [0.3, 0.4) is 0 Å². The molecule has 3 aromatic carbocycles. The molecule has 1 aliphatic heterocycles. The SMILES string of the molecule is CCOC(=O)CNC(=O)OC1(c2ccc(OC)c(Cl)c2)OC(=O)C(c2ccc3nsnc3c2)=C1Cc1cc(OC)c(OC)c(OC)c1. The lowest BCUT2D eigenvalue weighted by atomic mass is 9.87. The summed E-state index contributed by atoms with van der Waals surface area (Å²) in [5, 5.41) is 2.53. The number of nitrogens with one attached hydrogen (secondary N) is 1. The van der Waals surface area contributed by atoms with Gasteiger partial charge in [-0.1, -0.05) is 17.7 Å². The van der Waals surface area contributed by atoms with E-state index >= 15 is 0 Å². The second kappa shape index (κ2) is 14.1. The maximum absolute atomic E-state index is 14.0. The number of esters is 2. The molecule has 5 rings (SSSR count). The summed E-state index contributed by atoms with van der Waals surface area (Å²) in [6, 6.07) is 13.1. The smallest absolute Gasteiger partial charge is 0.411 e. The third-order valence-electron chi connectivity index (χ3n) is 7.24. The van der Waals surface area contributed by atoms with E-state index in [0.717, 1.165) is 11.7 Å². The Balaban J connectivity index is 1.74. The number of carbonyl (C=O) groups excluding carboxylic acids is 3. The molecule has 1 N–H and O–H groups in total. The molecule has 0 saturated carbocycles. The number of rotatable bonds is 12. The maximum Gasteiger partial charge on any atom is 0.411 e. The third kappa shape index (κ3) is 6.60. The Morgan fingerprint density at radius 3 is 2.26 bits per heavy atom. The molecule has 0 fully saturated rings. The number of ether oxygens (including phenoxy) is 7. The second-order valence-electron chi connectivity index (χ2n) is 9.94. The van der Waals surface area contributed by atoms with Gasteiger partial charge in [0.25, 0.3) is 0 Å². The minimum Gasteiger partial charge on any atom is -0.495 e. The van der Waals surface area contributed by atoms with Crippen molar-refractivity contribution in [3.63, 3.8) is 0 Å². The fourth-order valence-corrected chi connectivity index (χ4v) is 5.95. The van der Waals surface area contributed by atoms with Crippen LogP contribution in [0.2, 0.25) is 5.02 Å². The van der Waals surface area contributed by atoms with E-state index in [1.165, 1.54) is 34.5 Å². The molecule has 0 bridgehead atoms. The van der Waals surface area contributed by atoms with Crippen molar-refractivity contribution in [2.45, 2.75) is 19.1 Å². The van der Waals surface area contributed by atoms with E-state index in [0.29, 0.717) is 45.2 Å². The highest BCUT2D eigenvalue weighted by Crippen LogP contribution is 2.50. The number of alkyl carbamates (subject to hydrolysis) is 1. The van der Waals surface area contributed by atoms with Gasteiger partial charge in [0.1, 0.15) is 23.3 Å². The highest BCUT2D eigenvalue weighted by Gasteiger charge is 2.53. The highest BCUT2D eigenvalue weighted by molar-refractivity contribution is 7.00. The number of benzene rings is 3. The van der Waals surface area contributed by atoms with Gasteiger partial charge in [0.15, 0.2) is 11.5 Å². The number of amides is 1. The zero-order valence-electron chi connectivity index (χ0n) is 26.0. The van der Waals surface area contributed by atoms with Crippen molar-refractivity contribution in [2.75, 3.05) is 41.6 Å². The third-order valence-corrected chi connectivity index (χ3v) is 8.09. The number of aromatic nitrogens is 2. The molecular formula is C32H30ClN3O10S. The van der Waals surface area contributed by atoms with E-state index in [1.807, 2.05) is 0 Å². The minimum atomic E-state index is -2.17. The molecule has 246 valence electrons. The van der Waals surface area contributed by atoms with Crippen LogP contribution < -0.4 is 24.3 Å². The van der Waals surface area contributed by atoms with Gasteiger partial charge in [-0.15, -0.1) is 0 Å². The first-order chi connectivity index (χ1) is 22.7. The van der Waals surface area contributed by atoms with Crippen molar-refractivity contribution in [2.24, 2.45) is 0 Å². The largest absolute Gasteiger partial charge is 0.495 e. The molecule has 4 aromatic rings. The van der Waals surface area contributed by atoms with Crippen LogP contribution in [0, 0.1) is 0 Å². The van der Waals surface area contributed by atoms with E-state index in [9.17, 15) is 14.4 Å². The zero-order chi connectivity index (χ0) is 33.7. The van der Waals surface area contributed by atoms with Gasteiger partial charge in [0, 0.05) is 17.6 Å². The number of hydrogen-bond acceptors (Lipinski definition) is 13. The van der Waals surface area contributed by atoms with Gasteiger partial charge in [0.05, 0.1) is 57.4 Å². The maximum atomic E-state index is 14.0. The van der Waals surface area contributed by atoms with Crippen molar-refractivity contribution in [1.82, 2.24) is 14.1 Å². The van der Waals surface area contributed by atoms with Crippen LogP contribution in [0.4, 0.5) is 4.79 Å². The number of cyclic esters (lactones) is 1. The van der Waals surface area contributed by atoms with Crippen molar-refractivity contribution in [3.05, 3.63) is 75.8 Å². The number of carbonyl (C=O) groups is 3. The monoisotopic (exact) mass is 683 g/mol. The number of halogens is 1. The molecule has 1 aromatic heterocycles. The Morgan fingerprint density at radius 1 is 0.915 bits per heavy atom. The van der Waals surface area contributed by atoms with Crippen molar-refractivity contribution in [1.29, 1.82) is 0 Å². The van der Waals surface area contributed by atoms with Gasteiger partial charge < -0.3 is 38.5 Å². The lowest BCUT2D eigenvalue weighted by Gasteiger charge is -2.31. The summed E-state index contributed by atoms with van der Waals surface area (Å²) < 4.78 is 47.5. The Morgan fingerprint density at radius 2 is 1.62 bits per heavy atom. The molecule has 1 atom stereocenters. The van der Waals surface area contributed by atoms with Gasteiger partial charge >= 0.3 is 23.8 Å². The molecule has 0 radical (unpaired) electrons. The predicted molar refractivity (Wildman–Crippen MR) is 171 cm³/mol. The Labute approximate surface area is 278 Å². The number of methoxy groups -OCH3 is 4. The summed E-state index contributed by atoms with van der Waals surface area (Å²) >= 11 is 7.57. The van der Waals surface area contributed by atoms with Crippen molar-refractivity contribution >= 4 is 58.0 Å². The molecule has 0 spiro atoms. The number of hydrogen-bond donors (Lipinski definition) is 1. The van der Waals surface area contributed by atoms with Gasteiger partial charge in [-0.2, -0.15) is 8.75 Å². The average Bonchev–Trinajstić information content (AvgIpc) is 3.64. The van der Waals surface area contributed by atoms with Gasteiger partial charge in [-0.05, 0) is 60.5 Å². The van der Waals surface area contributed by atoms with Crippen LogP contribution in [0.15, 0.2) is 54.1 Å². The molecule has 1 amide bonds. The number of nitrogens with zero attached hydrogens (tertiary/aromatic N) is 2. The van der Waals surface area contributed by atoms with Crippen LogP contribution in [0.25, 0.3) is 16.6 Å². The van der Waals surface area contributed by atoms with E-state index < -0.39 is 30.4 Å². The summed E-state index contributed by atoms with van der Waals surface area (Å²) in [5.41, 5.74) is 2.75. The molecule has 1 aliphatic rings. The standard InChI is InChI=1S/C32H30ClN3O10S/c1-6-44-27(37)16-34-31(39)46-32(19-8-10-24(40-2)21(33)15-19)20(11-17-12-25(41-3)29(43-5)26(13-17)42-4)28(30(38)45-32)18-7-9-22-23(14-18)36-47-35-22/h7-10,12-15H,6,11,16H2,1-5H3,(H,34,39). The summed E-state index contributed by atoms with van der Waals surface area (Å²) in [4.78, 5) is 39.4. The first kappa shape index (κ1) is 33.3. The lowest BCUT2D eigenvalue weighted by molar-refractivity contribution is -0.185. The zero-order valence-corrected chi connectivity index (χ0v) is 27.6. The molecule has 0 saturated heterocycles. The fourth-order valence-electron chi connectivity index (χ4n) is 5.18. The van der Waals surface area contributed by atoms with Gasteiger partial charge in [-0.3, -0.25) is 4.79 Å². The molecule has 13 nitrogen and oxygen atoms in total. The van der Waals surface area contributed by atoms with E-state index in [2.05, 4.69) is 14.1 Å². The Bertz CT molecular complexity index is 1850. The van der Waals surface area contributed by atoms with Crippen LogP contribution in [0.5, 0.6) is 23.0 Å². The van der Waals surface area contributed by atoms with E-state index in [4.69, 9.17) is 44.8 Å². The molecule has 47 heavy (non-hydrogen) atoms. The Hall–Kier alpha value is -5.08. The van der Waals surface area contributed by atoms with Crippen LogP contribution >= 0.6 is 23.3 Å². The predicted octanol–water partition coefficient (Wildman–Crippen LogP) is 5.07. The minimum absolute atomic E-state index is 0.0278. The van der Waals surface area contributed by atoms with Gasteiger partial charge in [-0.25, -0.2) is 9.59 Å². The normalized spacial score (nSPS) is 15.7. The summed E-state index contributed by atoms with van der Waals surface area (Å²) in [7, 11) is 5.88.